The Bertz CT molecular complexity index is 886. The first-order valence-electron chi connectivity index (χ1n) is 8.69. The van der Waals surface area contributed by atoms with Crippen molar-refractivity contribution >= 4 is 17.4 Å². The first-order valence-corrected chi connectivity index (χ1v) is 9.07. The summed E-state index contributed by atoms with van der Waals surface area (Å²) in [5.41, 5.74) is 2.60. The second-order valence-corrected chi connectivity index (χ2v) is 6.90. The molecule has 0 unspecified atom stereocenters. The van der Waals surface area contributed by atoms with Crippen molar-refractivity contribution in [2.75, 3.05) is 5.32 Å². The number of aliphatic hydroxyl groups is 1. The van der Waals surface area contributed by atoms with E-state index >= 15 is 0 Å². The van der Waals surface area contributed by atoms with Gasteiger partial charge in [-0.1, -0.05) is 23.7 Å². The van der Waals surface area contributed by atoms with Gasteiger partial charge in [-0.05, 0) is 43.5 Å². The van der Waals surface area contributed by atoms with Gasteiger partial charge in [-0.2, -0.15) is 0 Å². The summed E-state index contributed by atoms with van der Waals surface area (Å²) in [5.74, 6) is 1.30. The average Bonchev–Trinajstić information content (AvgIpc) is 3.07. The molecule has 0 amide bonds. The van der Waals surface area contributed by atoms with Crippen LogP contribution in [0.2, 0.25) is 5.02 Å². The second kappa shape index (κ2) is 7.40. The van der Waals surface area contributed by atoms with Crippen LogP contribution >= 0.6 is 11.6 Å². The van der Waals surface area contributed by atoms with Gasteiger partial charge in [0.2, 0.25) is 0 Å². The van der Waals surface area contributed by atoms with Crippen LogP contribution in [-0.2, 0) is 0 Å². The fourth-order valence-corrected chi connectivity index (χ4v) is 3.34. The van der Waals surface area contributed by atoms with E-state index in [-0.39, 0.29) is 12.1 Å². The molecule has 1 aromatic carbocycles. The minimum absolute atomic E-state index is 0.0183. The fraction of sp³-hybridized carbons (Fsp3) is 0.250. The third kappa shape index (κ3) is 3.69. The molecule has 5 nitrogen and oxygen atoms in total. The number of hydrogen-bond donors (Lipinski definition) is 2. The zero-order valence-electron chi connectivity index (χ0n) is 14.1. The van der Waals surface area contributed by atoms with Gasteiger partial charge in [0.15, 0.2) is 5.82 Å². The normalized spacial score (nSPS) is 19.5. The molecule has 0 spiro atoms. The van der Waals surface area contributed by atoms with Gasteiger partial charge in [0.1, 0.15) is 5.82 Å². The Morgan fingerprint density at radius 2 is 1.88 bits per heavy atom. The molecule has 2 atom stereocenters. The number of anilines is 1. The highest BCUT2D eigenvalue weighted by molar-refractivity contribution is 6.30. The monoisotopic (exact) mass is 366 g/mol. The van der Waals surface area contributed by atoms with Crippen LogP contribution in [0.15, 0.2) is 54.9 Å². The molecular formula is C20H19ClN4O. The lowest BCUT2D eigenvalue weighted by Crippen LogP contribution is -2.28. The Labute approximate surface area is 157 Å². The van der Waals surface area contributed by atoms with Crippen molar-refractivity contribution in [2.45, 2.75) is 31.4 Å². The summed E-state index contributed by atoms with van der Waals surface area (Å²) in [5, 5.41) is 14.2. The van der Waals surface area contributed by atoms with Crippen molar-refractivity contribution in [3.05, 3.63) is 59.9 Å². The maximum Gasteiger partial charge on any atom is 0.163 e. The van der Waals surface area contributed by atoms with E-state index in [4.69, 9.17) is 16.6 Å². The predicted octanol–water partition coefficient (Wildman–Crippen LogP) is 4.18. The smallest absolute Gasteiger partial charge is 0.163 e. The van der Waals surface area contributed by atoms with Gasteiger partial charge in [0.05, 0.1) is 17.8 Å². The van der Waals surface area contributed by atoms with E-state index in [9.17, 15) is 5.11 Å². The van der Waals surface area contributed by atoms with Gasteiger partial charge in [-0.3, -0.25) is 4.98 Å². The molecule has 2 heterocycles. The third-order valence-electron chi connectivity index (χ3n) is 4.60. The van der Waals surface area contributed by atoms with Crippen LogP contribution < -0.4 is 5.32 Å². The first kappa shape index (κ1) is 16.9. The number of pyridine rings is 1. The van der Waals surface area contributed by atoms with E-state index < -0.39 is 0 Å². The lowest BCUT2D eigenvalue weighted by Gasteiger charge is -2.18. The molecule has 0 aliphatic heterocycles. The largest absolute Gasteiger partial charge is 0.391 e. The number of halogens is 1. The van der Waals surface area contributed by atoms with E-state index in [1.165, 1.54) is 0 Å². The molecule has 0 radical (unpaired) electrons. The highest BCUT2D eigenvalue weighted by atomic mass is 35.5. The van der Waals surface area contributed by atoms with Crippen LogP contribution in [0.4, 0.5) is 5.82 Å². The molecule has 3 aromatic rings. The summed E-state index contributed by atoms with van der Waals surface area (Å²) >= 11 is 6.01. The summed E-state index contributed by atoms with van der Waals surface area (Å²) < 4.78 is 0. The fourth-order valence-electron chi connectivity index (χ4n) is 3.21. The van der Waals surface area contributed by atoms with Crippen molar-refractivity contribution in [3.63, 3.8) is 0 Å². The molecule has 4 rings (SSSR count). The molecule has 1 aliphatic carbocycles. The number of rotatable bonds is 4. The quantitative estimate of drug-likeness (QED) is 0.724. The van der Waals surface area contributed by atoms with Crippen LogP contribution in [0.5, 0.6) is 0 Å². The minimum Gasteiger partial charge on any atom is -0.391 e. The van der Waals surface area contributed by atoms with E-state index in [1.54, 1.807) is 12.4 Å². The van der Waals surface area contributed by atoms with Gasteiger partial charge >= 0.3 is 0 Å². The highest BCUT2D eigenvalue weighted by Crippen LogP contribution is 2.28. The Kier molecular flexibility index (Phi) is 4.82. The number of aliphatic hydroxyl groups excluding tert-OH is 1. The molecule has 26 heavy (non-hydrogen) atoms. The average molecular weight is 367 g/mol. The molecule has 0 bridgehead atoms. The minimum atomic E-state index is -0.342. The maximum absolute atomic E-state index is 10.1. The molecule has 1 saturated carbocycles. The van der Waals surface area contributed by atoms with Crippen LogP contribution in [0.3, 0.4) is 0 Å². The van der Waals surface area contributed by atoms with Gasteiger partial charge in [0.25, 0.3) is 0 Å². The number of aromatic nitrogens is 3. The number of benzene rings is 1. The van der Waals surface area contributed by atoms with Gasteiger partial charge < -0.3 is 10.4 Å². The second-order valence-electron chi connectivity index (χ2n) is 6.46. The third-order valence-corrected chi connectivity index (χ3v) is 4.85. The molecule has 6 heteroatoms. The Balaban J connectivity index is 1.75. The van der Waals surface area contributed by atoms with E-state index in [0.29, 0.717) is 16.7 Å². The Morgan fingerprint density at radius 1 is 1.04 bits per heavy atom. The molecule has 2 aromatic heterocycles. The van der Waals surface area contributed by atoms with Crippen molar-refractivity contribution in [1.82, 2.24) is 15.0 Å². The summed E-state index contributed by atoms with van der Waals surface area (Å²) in [6, 6.07) is 13.3. The molecule has 0 saturated heterocycles. The van der Waals surface area contributed by atoms with Gasteiger partial charge in [0, 0.05) is 34.6 Å². The van der Waals surface area contributed by atoms with Crippen molar-refractivity contribution in [1.29, 1.82) is 0 Å². The SMILES string of the molecule is O[C@@H]1CCC[C@H]1Nc1cc(-c2ccc(Cl)cc2)nc(-c2cccnc2)n1. The summed E-state index contributed by atoms with van der Waals surface area (Å²) in [6.45, 7) is 0. The van der Waals surface area contributed by atoms with Gasteiger partial charge in [-0.25, -0.2) is 9.97 Å². The number of nitrogens with zero attached hydrogens (tertiary/aromatic N) is 3. The molecule has 2 N–H and O–H groups in total. The van der Waals surface area contributed by atoms with Crippen LogP contribution in [0.25, 0.3) is 22.6 Å². The van der Waals surface area contributed by atoms with Crippen molar-refractivity contribution in [2.24, 2.45) is 0 Å². The Morgan fingerprint density at radius 3 is 2.58 bits per heavy atom. The van der Waals surface area contributed by atoms with E-state index in [1.807, 2.05) is 42.5 Å². The molecule has 132 valence electrons. The molecule has 1 fully saturated rings. The molecular weight excluding hydrogens is 348 g/mol. The lowest BCUT2D eigenvalue weighted by molar-refractivity contribution is 0.171. The zero-order valence-corrected chi connectivity index (χ0v) is 14.9. The number of nitrogens with one attached hydrogen (secondary N) is 1. The zero-order chi connectivity index (χ0) is 17.9. The summed E-state index contributed by atoms with van der Waals surface area (Å²) in [6.07, 6.45) is 5.90. The van der Waals surface area contributed by atoms with Crippen molar-refractivity contribution in [3.8, 4) is 22.6 Å². The maximum atomic E-state index is 10.1. The standard InChI is InChI=1S/C20H19ClN4O/c21-15-8-6-13(7-9-15)17-11-19(23-16-4-1-5-18(16)26)25-20(24-17)14-3-2-10-22-12-14/h2-3,6-12,16,18,26H,1,4-5H2,(H,23,24,25)/t16-,18-/m1/s1. The molecule has 1 aliphatic rings. The topological polar surface area (TPSA) is 70.9 Å². The first-order chi connectivity index (χ1) is 12.7. The van der Waals surface area contributed by atoms with Crippen molar-refractivity contribution < 1.29 is 5.11 Å². The highest BCUT2D eigenvalue weighted by Gasteiger charge is 2.25. The predicted molar refractivity (Wildman–Crippen MR) is 103 cm³/mol. The van der Waals surface area contributed by atoms with Crippen LogP contribution in [0.1, 0.15) is 19.3 Å². The van der Waals surface area contributed by atoms with E-state index in [0.717, 1.165) is 36.1 Å². The van der Waals surface area contributed by atoms with Crippen LogP contribution in [-0.4, -0.2) is 32.2 Å². The summed E-state index contributed by atoms with van der Waals surface area (Å²) in [7, 11) is 0. The Hall–Kier alpha value is -2.50. The summed E-state index contributed by atoms with van der Waals surface area (Å²) in [4.78, 5) is 13.5. The van der Waals surface area contributed by atoms with Crippen LogP contribution in [0, 0.1) is 0 Å². The van der Waals surface area contributed by atoms with Gasteiger partial charge in [-0.15, -0.1) is 0 Å². The lowest BCUT2D eigenvalue weighted by atomic mass is 10.1. The number of hydrogen-bond acceptors (Lipinski definition) is 5. The van der Waals surface area contributed by atoms with E-state index in [2.05, 4.69) is 15.3 Å².